The summed E-state index contributed by atoms with van der Waals surface area (Å²) in [5, 5.41) is 5.70. The molecule has 0 bridgehead atoms. The van der Waals surface area contributed by atoms with Crippen LogP contribution in [-0.2, 0) is 6.61 Å². The van der Waals surface area contributed by atoms with Gasteiger partial charge in [-0.1, -0.05) is 23.7 Å². The number of benzene rings is 2. The second-order valence-corrected chi connectivity index (χ2v) is 8.29. The molecule has 0 saturated heterocycles. The molecule has 0 aliphatic heterocycles. The van der Waals surface area contributed by atoms with Crippen molar-refractivity contribution in [1.82, 2.24) is 9.88 Å². The summed E-state index contributed by atoms with van der Waals surface area (Å²) in [5.74, 6) is 0.657. The van der Waals surface area contributed by atoms with Crippen LogP contribution in [0.3, 0.4) is 0 Å². The van der Waals surface area contributed by atoms with E-state index in [4.69, 9.17) is 16.3 Å². The third kappa shape index (κ3) is 4.93. The molecule has 2 heterocycles. The van der Waals surface area contributed by atoms with Gasteiger partial charge in [-0.2, -0.15) is 0 Å². The summed E-state index contributed by atoms with van der Waals surface area (Å²) in [6.07, 6.45) is 4.00. The molecule has 4 aromatic rings. The number of amides is 1. The number of hydrogen-bond donors (Lipinski definition) is 1. The predicted molar refractivity (Wildman–Crippen MR) is 122 cm³/mol. The van der Waals surface area contributed by atoms with E-state index in [0.29, 0.717) is 16.5 Å². The third-order valence-electron chi connectivity index (χ3n) is 4.72. The molecule has 1 N–H and O–H groups in total. The quantitative estimate of drug-likeness (QED) is 0.371. The van der Waals surface area contributed by atoms with E-state index in [1.165, 1.54) is 11.3 Å². The van der Waals surface area contributed by atoms with E-state index in [2.05, 4.69) is 11.4 Å². The SMILES string of the molecule is CC(NC(=O)c1cc(COc2ccc(Cl)cc2)cs1)c1cccc(-n2cccc2)c1. The lowest BCUT2D eigenvalue weighted by molar-refractivity contribution is 0.0944. The van der Waals surface area contributed by atoms with Gasteiger partial charge >= 0.3 is 0 Å². The fourth-order valence-corrected chi connectivity index (χ4v) is 4.01. The van der Waals surface area contributed by atoms with Crippen LogP contribution < -0.4 is 10.1 Å². The van der Waals surface area contributed by atoms with Crippen LogP contribution in [0, 0.1) is 0 Å². The Hall–Kier alpha value is -3.02. The van der Waals surface area contributed by atoms with Gasteiger partial charge in [0.05, 0.1) is 10.9 Å². The van der Waals surface area contributed by atoms with Gasteiger partial charge < -0.3 is 14.6 Å². The Morgan fingerprint density at radius 3 is 2.63 bits per heavy atom. The first-order chi connectivity index (χ1) is 14.6. The van der Waals surface area contributed by atoms with E-state index in [-0.39, 0.29) is 11.9 Å². The van der Waals surface area contributed by atoms with Crippen LogP contribution in [0.5, 0.6) is 5.75 Å². The lowest BCUT2D eigenvalue weighted by atomic mass is 10.1. The van der Waals surface area contributed by atoms with Crippen molar-refractivity contribution < 1.29 is 9.53 Å². The second kappa shape index (κ2) is 9.20. The van der Waals surface area contributed by atoms with Crippen LogP contribution in [-0.4, -0.2) is 10.5 Å². The lowest BCUT2D eigenvalue weighted by Crippen LogP contribution is -2.26. The highest BCUT2D eigenvalue weighted by Gasteiger charge is 2.14. The summed E-state index contributed by atoms with van der Waals surface area (Å²) < 4.78 is 7.80. The van der Waals surface area contributed by atoms with Gasteiger partial charge in [0.2, 0.25) is 0 Å². The van der Waals surface area contributed by atoms with E-state index in [0.717, 1.165) is 22.6 Å². The van der Waals surface area contributed by atoms with Crippen molar-refractivity contribution in [2.45, 2.75) is 19.6 Å². The minimum atomic E-state index is -0.108. The topological polar surface area (TPSA) is 43.3 Å². The van der Waals surface area contributed by atoms with E-state index in [1.54, 1.807) is 12.1 Å². The average Bonchev–Trinajstić information content (AvgIpc) is 3.46. The molecule has 1 amide bonds. The first-order valence-electron chi connectivity index (χ1n) is 9.58. The maximum absolute atomic E-state index is 12.7. The molecule has 6 heteroatoms. The number of halogens is 1. The molecule has 0 fully saturated rings. The Balaban J connectivity index is 1.37. The smallest absolute Gasteiger partial charge is 0.261 e. The van der Waals surface area contributed by atoms with Crippen molar-refractivity contribution in [2.24, 2.45) is 0 Å². The van der Waals surface area contributed by atoms with Crippen molar-refractivity contribution in [2.75, 3.05) is 0 Å². The van der Waals surface area contributed by atoms with Crippen molar-refractivity contribution in [1.29, 1.82) is 0 Å². The summed E-state index contributed by atoms with van der Waals surface area (Å²) in [6.45, 7) is 2.39. The first-order valence-corrected chi connectivity index (χ1v) is 10.8. The van der Waals surface area contributed by atoms with E-state index < -0.39 is 0 Å². The van der Waals surface area contributed by atoms with E-state index in [9.17, 15) is 4.79 Å². The van der Waals surface area contributed by atoms with Gasteiger partial charge in [0.25, 0.3) is 5.91 Å². The fraction of sp³-hybridized carbons (Fsp3) is 0.125. The Kier molecular flexibility index (Phi) is 6.21. The molecule has 1 unspecified atom stereocenters. The number of hydrogen-bond acceptors (Lipinski definition) is 3. The molecule has 4 rings (SSSR count). The van der Waals surface area contributed by atoms with Crippen LogP contribution >= 0.6 is 22.9 Å². The second-order valence-electron chi connectivity index (χ2n) is 6.94. The van der Waals surface area contributed by atoms with Crippen molar-refractivity contribution in [3.63, 3.8) is 0 Å². The summed E-state index contributed by atoms with van der Waals surface area (Å²) in [6, 6.07) is 21.1. The minimum absolute atomic E-state index is 0.0865. The van der Waals surface area contributed by atoms with E-state index >= 15 is 0 Å². The van der Waals surface area contributed by atoms with Crippen molar-refractivity contribution >= 4 is 28.8 Å². The lowest BCUT2D eigenvalue weighted by Gasteiger charge is -2.15. The normalized spacial score (nSPS) is 11.8. The molecular formula is C24H21ClN2O2S. The molecule has 4 nitrogen and oxygen atoms in total. The molecule has 0 radical (unpaired) electrons. The highest BCUT2D eigenvalue weighted by Crippen LogP contribution is 2.22. The summed E-state index contributed by atoms with van der Waals surface area (Å²) in [5.41, 5.74) is 3.08. The first kappa shape index (κ1) is 20.3. The molecule has 30 heavy (non-hydrogen) atoms. The van der Waals surface area contributed by atoms with Gasteiger partial charge in [0, 0.05) is 28.7 Å². The molecule has 0 aliphatic rings. The van der Waals surface area contributed by atoms with Crippen molar-refractivity contribution in [3.8, 4) is 11.4 Å². The summed E-state index contributed by atoms with van der Waals surface area (Å²) in [4.78, 5) is 13.4. The van der Waals surface area contributed by atoms with Crippen LogP contribution in [0.2, 0.25) is 5.02 Å². The number of carbonyl (C=O) groups is 1. The molecule has 152 valence electrons. The molecule has 0 aliphatic carbocycles. The molecule has 2 aromatic carbocycles. The van der Waals surface area contributed by atoms with Gasteiger partial charge in [0.1, 0.15) is 12.4 Å². The molecule has 1 atom stereocenters. The molecule has 0 spiro atoms. The molecular weight excluding hydrogens is 416 g/mol. The minimum Gasteiger partial charge on any atom is -0.489 e. The zero-order valence-corrected chi connectivity index (χ0v) is 18.0. The summed E-state index contributed by atoms with van der Waals surface area (Å²) in [7, 11) is 0. The average molecular weight is 437 g/mol. The van der Waals surface area contributed by atoms with Crippen LogP contribution in [0.25, 0.3) is 5.69 Å². The monoisotopic (exact) mass is 436 g/mol. The zero-order valence-electron chi connectivity index (χ0n) is 16.4. The zero-order chi connectivity index (χ0) is 20.9. The fourth-order valence-electron chi connectivity index (χ4n) is 3.08. The highest BCUT2D eigenvalue weighted by atomic mass is 35.5. The Bertz CT molecular complexity index is 1120. The number of rotatable bonds is 7. The maximum atomic E-state index is 12.7. The van der Waals surface area contributed by atoms with Gasteiger partial charge in [0.15, 0.2) is 0 Å². The van der Waals surface area contributed by atoms with Gasteiger partial charge in [-0.15, -0.1) is 11.3 Å². The standard InChI is InChI=1S/C24H21ClN2O2S/c1-17(19-5-4-6-21(14-19)27-11-2-3-12-27)26-24(28)23-13-18(16-30-23)15-29-22-9-7-20(25)8-10-22/h2-14,16-17H,15H2,1H3,(H,26,28). The number of thiophene rings is 1. The van der Waals surface area contributed by atoms with Gasteiger partial charge in [-0.05, 0) is 72.5 Å². The number of nitrogens with zero attached hydrogens (tertiary/aromatic N) is 1. The van der Waals surface area contributed by atoms with Gasteiger partial charge in [-0.25, -0.2) is 0 Å². The molecule has 0 saturated carbocycles. The van der Waals surface area contributed by atoms with Crippen LogP contribution in [0.4, 0.5) is 0 Å². The third-order valence-corrected chi connectivity index (χ3v) is 5.95. The summed E-state index contributed by atoms with van der Waals surface area (Å²) >= 11 is 7.30. The Morgan fingerprint density at radius 1 is 1.10 bits per heavy atom. The number of ether oxygens (including phenoxy) is 1. The van der Waals surface area contributed by atoms with Crippen molar-refractivity contribution in [3.05, 3.63) is 106 Å². The number of carbonyl (C=O) groups excluding carboxylic acids is 1. The number of nitrogens with one attached hydrogen (secondary N) is 1. The van der Waals surface area contributed by atoms with Gasteiger partial charge in [-0.3, -0.25) is 4.79 Å². The van der Waals surface area contributed by atoms with Crippen LogP contribution in [0.15, 0.2) is 84.5 Å². The maximum Gasteiger partial charge on any atom is 0.261 e. The predicted octanol–water partition coefficient (Wildman–Crippen LogP) is 6.26. The Morgan fingerprint density at radius 2 is 1.87 bits per heavy atom. The highest BCUT2D eigenvalue weighted by molar-refractivity contribution is 7.12. The number of aromatic nitrogens is 1. The largest absolute Gasteiger partial charge is 0.489 e. The van der Waals surface area contributed by atoms with Crippen LogP contribution in [0.1, 0.15) is 33.8 Å². The molecule has 2 aromatic heterocycles. The van der Waals surface area contributed by atoms with E-state index in [1.807, 2.05) is 77.8 Å². The Labute approximate surface area is 184 Å².